The topological polar surface area (TPSA) is 63.0 Å². The van der Waals surface area contributed by atoms with E-state index in [4.69, 9.17) is 0 Å². The second-order valence-electron chi connectivity index (χ2n) is 4.68. The molecule has 0 spiro atoms. The Hall–Kier alpha value is 1.52. The van der Waals surface area contributed by atoms with E-state index >= 15 is 0 Å². The summed E-state index contributed by atoms with van der Waals surface area (Å²) in [5.41, 5.74) is 0. The second kappa shape index (κ2) is 3.96. The molecule has 1 fully saturated rings. The van der Waals surface area contributed by atoms with Crippen LogP contribution >= 0.6 is 0 Å². The summed E-state index contributed by atoms with van der Waals surface area (Å²) < 4.78 is 3.65. The zero-order valence-corrected chi connectivity index (χ0v) is 13.1. The van der Waals surface area contributed by atoms with E-state index < -0.39 is 36.8 Å². The summed E-state index contributed by atoms with van der Waals surface area (Å²) in [5, 5.41) is 0. The van der Waals surface area contributed by atoms with Crippen LogP contribution in [0.15, 0.2) is 0 Å². The SMILES string of the molecule is O.O.[CH3][Sn]1([CH3])[CH2][Sn]([CH3])([CH3])[CH2]1. The van der Waals surface area contributed by atoms with Gasteiger partial charge in [0.25, 0.3) is 0 Å². The zero-order chi connectivity index (χ0) is 6.41. The van der Waals surface area contributed by atoms with Gasteiger partial charge in [0.05, 0.1) is 0 Å². The van der Waals surface area contributed by atoms with Crippen LogP contribution in [0.3, 0.4) is 0 Å². The molecule has 0 bridgehead atoms. The van der Waals surface area contributed by atoms with Crippen molar-refractivity contribution < 1.29 is 11.0 Å². The third-order valence-corrected chi connectivity index (χ3v) is 86.1. The van der Waals surface area contributed by atoms with Crippen molar-refractivity contribution in [3.05, 3.63) is 0 Å². The number of hydrogen-bond donors (Lipinski definition) is 0. The van der Waals surface area contributed by atoms with Gasteiger partial charge in [-0.1, -0.05) is 0 Å². The molecule has 0 aromatic carbocycles. The van der Waals surface area contributed by atoms with Crippen LogP contribution in [0.2, 0.25) is 24.7 Å². The van der Waals surface area contributed by atoms with Gasteiger partial charge in [-0.05, 0) is 0 Å². The molecule has 1 aliphatic rings. The quantitative estimate of drug-likeness (QED) is 0.574. The summed E-state index contributed by atoms with van der Waals surface area (Å²) in [6.45, 7) is 0. The van der Waals surface area contributed by atoms with Crippen molar-refractivity contribution in [2.45, 2.75) is 24.7 Å². The van der Waals surface area contributed by atoms with Crippen molar-refractivity contribution in [3.63, 3.8) is 0 Å². The summed E-state index contributed by atoms with van der Waals surface area (Å²) >= 11 is -2.26. The maximum atomic E-state index is 2.61. The van der Waals surface area contributed by atoms with E-state index in [-0.39, 0.29) is 11.0 Å². The Morgan fingerprint density at radius 1 is 0.700 bits per heavy atom. The molecule has 10 heavy (non-hydrogen) atoms. The molecule has 1 rings (SSSR count). The molecule has 0 aromatic heterocycles. The van der Waals surface area contributed by atoms with Gasteiger partial charge < -0.3 is 11.0 Å². The van der Waals surface area contributed by atoms with E-state index in [0.717, 1.165) is 0 Å². The number of rotatable bonds is 0. The predicted octanol–water partition coefficient (Wildman–Crippen LogP) is 0.846. The van der Waals surface area contributed by atoms with Gasteiger partial charge in [0.15, 0.2) is 0 Å². The van der Waals surface area contributed by atoms with Gasteiger partial charge >= 0.3 is 61.4 Å². The van der Waals surface area contributed by atoms with E-state index in [9.17, 15) is 0 Å². The van der Waals surface area contributed by atoms with Crippen molar-refractivity contribution in [2.75, 3.05) is 0 Å². The molecule has 2 nitrogen and oxygen atoms in total. The molecule has 4 heteroatoms. The normalized spacial score (nSPS) is 25.2. The van der Waals surface area contributed by atoms with Crippen LogP contribution in [0.4, 0.5) is 0 Å². The third kappa shape index (κ3) is 3.78. The molecule has 4 N–H and O–H groups in total. The Kier molecular flexibility index (Phi) is 5.56. The van der Waals surface area contributed by atoms with Crippen LogP contribution < -0.4 is 0 Å². The molecule has 64 valence electrons. The van der Waals surface area contributed by atoms with Crippen LogP contribution in [0.5, 0.6) is 0 Å². The van der Waals surface area contributed by atoms with E-state index in [2.05, 4.69) is 19.8 Å². The summed E-state index contributed by atoms with van der Waals surface area (Å²) in [4.78, 5) is 10.4. The Morgan fingerprint density at radius 3 is 0.900 bits per heavy atom. The van der Waals surface area contributed by atoms with Crippen molar-refractivity contribution in [3.8, 4) is 0 Å². The van der Waals surface area contributed by atoms with Gasteiger partial charge in [0, 0.05) is 0 Å². The summed E-state index contributed by atoms with van der Waals surface area (Å²) in [6, 6.07) is 0. The fourth-order valence-corrected chi connectivity index (χ4v) is 114. The Morgan fingerprint density at radius 2 is 0.900 bits per heavy atom. The molecule has 0 amide bonds. The number of hydrogen-bond acceptors (Lipinski definition) is 0. The first-order chi connectivity index (χ1) is 3.41. The standard InChI is InChI=1S/4CH3.2CH2.2H2O.2Sn/h4*1H3;4*1H2;;. The van der Waals surface area contributed by atoms with Gasteiger partial charge in [-0.15, -0.1) is 0 Å². The molecule has 0 radical (unpaired) electrons. The first-order valence-corrected chi connectivity index (χ1v) is 22.9. The van der Waals surface area contributed by atoms with Gasteiger partial charge in [-0.25, -0.2) is 0 Å². The van der Waals surface area contributed by atoms with E-state index in [1.54, 1.807) is 0 Å². The van der Waals surface area contributed by atoms with Crippen LogP contribution in [-0.4, -0.2) is 47.7 Å². The third-order valence-electron chi connectivity index (χ3n) is 1.91. The van der Waals surface area contributed by atoms with Crippen LogP contribution in [0.25, 0.3) is 0 Å². The van der Waals surface area contributed by atoms with Gasteiger partial charge in [0.2, 0.25) is 0 Å². The second-order valence-corrected chi connectivity index (χ2v) is 44.9. The Labute approximate surface area is 71.8 Å². The summed E-state index contributed by atoms with van der Waals surface area (Å²) in [7, 11) is 0. The van der Waals surface area contributed by atoms with Gasteiger partial charge in [-0.2, -0.15) is 0 Å². The minimum atomic E-state index is -1.13. The molecule has 1 saturated heterocycles. The first kappa shape index (κ1) is 14.1. The molecule has 1 heterocycles. The fourth-order valence-electron chi connectivity index (χ4n) is 2.54. The molecular formula is C6H20O2Sn2. The molecule has 1 aliphatic heterocycles. The average Bonchev–Trinajstić information content (AvgIpc) is 1.20. The predicted molar refractivity (Wildman–Crippen MR) is 51.8 cm³/mol. The van der Waals surface area contributed by atoms with Gasteiger partial charge in [-0.3, -0.25) is 0 Å². The molecule has 0 unspecified atom stereocenters. The molecule has 0 aromatic rings. The fraction of sp³-hybridized carbons (Fsp3) is 1.00. The zero-order valence-electron chi connectivity index (χ0n) is 7.41. The molecule has 0 aliphatic carbocycles. The molecule has 0 atom stereocenters. The van der Waals surface area contributed by atoms with Crippen LogP contribution in [0.1, 0.15) is 0 Å². The van der Waals surface area contributed by atoms with Crippen molar-refractivity contribution in [1.82, 2.24) is 0 Å². The van der Waals surface area contributed by atoms with Crippen molar-refractivity contribution in [2.24, 2.45) is 0 Å². The monoisotopic (exact) mass is 364 g/mol. The summed E-state index contributed by atoms with van der Waals surface area (Å²) in [6.07, 6.45) is 0. The Bertz CT molecular complexity index is 90.3. The molecule has 0 saturated carbocycles. The minimum absolute atomic E-state index is 0. The van der Waals surface area contributed by atoms with E-state index in [0.29, 0.717) is 0 Å². The molecular weight excluding hydrogens is 341 g/mol. The summed E-state index contributed by atoms with van der Waals surface area (Å²) in [5.74, 6) is 0. The van der Waals surface area contributed by atoms with E-state index in [1.165, 1.54) is 0 Å². The maximum absolute atomic E-state index is 2.61. The van der Waals surface area contributed by atoms with E-state index in [1.807, 2.05) is 4.91 Å². The first-order valence-electron chi connectivity index (χ1n) is 3.41. The Balaban J connectivity index is 0. The van der Waals surface area contributed by atoms with Gasteiger partial charge in [0.1, 0.15) is 0 Å². The van der Waals surface area contributed by atoms with Crippen LogP contribution in [-0.2, 0) is 0 Å². The van der Waals surface area contributed by atoms with Crippen LogP contribution in [0, 0.1) is 0 Å². The average molecular weight is 362 g/mol. The van der Waals surface area contributed by atoms with Crippen molar-refractivity contribution in [1.29, 1.82) is 0 Å². The van der Waals surface area contributed by atoms with Crippen molar-refractivity contribution >= 4 is 36.8 Å².